The first-order chi connectivity index (χ1) is 9.08. The van der Waals surface area contributed by atoms with Gasteiger partial charge >= 0.3 is 0 Å². The Labute approximate surface area is 134 Å². The highest BCUT2D eigenvalue weighted by atomic mass is 79.9. The van der Waals surface area contributed by atoms with Gasteiger partial charge in [0.05, 0.1) is 15.6 Å². The molecule has 108 valence electrons. The van der Waals surface area contributed by atoms with Crippen molar-refractivity contribution >= 4 is 42.7 Å². The van der Waals surface area contributed by atoms with Crippen molar-refractivity contribution in [2.45, 2.75) is 20.4 Å². The Bertz CT molecular complexity index is 418. The Morgan fingerprint density at radius 3 is 2.42 bits per heavy atom. The van der Waals surface area contributed by atoms with Gasteiger partial charge in [-0.3, -0.25) is 4.21 Å². The van der Waals surface area contributed by atoms with E-state index >= 15 is 0 Å². The van der Waals surface area contributed by atoms with Gasteiger partial charge < -0.3 is 10.1 Å². The molecule has 0 aromatic heterocycles. The SMILES string of the molecule is CCOc1c(Br)cc(CNCCS(=O)CC)cc1Br. The Balaban J connectivity index is 2.53. The predicted molar refractivity (Wildman–Crippen MR) is 88.3 cm³/mol. The summed E-state index contributed by atoms with van der Waals surface area (Å²) in [5, 5.41) is 3.30. The van der Waals surface area contributed by atoms with Crippen LogP contribution in [-0.4, -0.2) is 28.9 Å². The van der Waals surface area contributed by atoms with Gasteiger partial charge in [0.25, 0.3) is 0 Å². The lowest BCUT2D eigenvalue weighted by Gasteiger charge is -2.11. The first kappa shape index (κ1) is 17.1. The Hall–Kier alpha value is 0.0900. The minimum absolute atomic E-state index is 0.637. The fourth-order valence-corrected chi connectivity index (χ4v) is 3.73. The molecule has 3 nitrogen and oxygen atoms in total. The zero-order valence-electron chi connectivity index (χ0n) is 11.2. The van der Waals surface area contributed by atoms with Crippen LogP contribution < -0.4 is 10.1 Å². The van der Waals surface area contributed by atoms with Gasteiger partial charge in [0.1, 0.15) is 5.75 Å². The predicted octanol–water partition coefficient (Wildman–Crippen LogP) is 3.47. The molecule has 0 aliphatic carbocycles. The van der Waals surface area contributed by atoms with Gasteiger partial charge in [0.15, 0.2) is 0 Å². The molecule has 1 aromatic carbocycles. The molecule has 0 saturated carbocycles. The summed E-state index contributed by atoms with van der Waals surface area (Å²) >= 11 is 7.02. The summed E-state index contributed by atoms with van der Waals surface area (Å²) in [6, 6.07) is 4.08. The van der Waals surface area contributed by atoms with E-state index in [-0.39, 0.29) is 0 Å². The lowest BCUT2D eigenvalue weighted by atomic mass is 10.2. The molecule has 1 rings (SSSR count). The largest absolute Gasteiger partial charge is 0.492 e. The number of halogens is 2. The molecule has 1 atom stereocenters. The maximum absolute atomic E-state index is 11.3. The lowest BCUT2D eigenvalue weighted by Crippen LogP contribution is -2.20. The summed E-state index contributed by atoms with van der Waals surface area (Å²) in [6.07, 6.45) is 0. The van der Waals surface area contributed by atoms with Crippen LogP contribution in [0.2, 0.25) is 0 Å². The van der Waals surface area contributed by atoms with Crippen LogP contribution >= 0.6 is 31.9 Å². The van der Waals surface area contributed by atoms with Gasteiger partial charge in [0.2, 0.25) is 0 Å². The van der Waals surface area contributed by atoms with Crippen LogP contribution in [0.1, 0.15) is 19.4 Å². The molecule has 0 spiro atoms. The van der Waals surface area contributed by atoms with Crippen molar-refractivity contribution in [3.8, 4) is 5.75 Å². The average molecular weight is 413 g/mol. The second kappa shape index (κ2) is 9.10. The van der Waals surface area contributed by atoms with E-state index in [9.17, 15) is 4.21 Å². The third-order valence-corrected chi connectivity index (χ3v) is 4.99. The second-order valence-corrected chi connectivity index (χ2v) is 7.50. The van der Waals surface area contributed by atoms with Crippen LogP contribution in [0.3, 0.4) is 0 Å². The number of ether oxygens (including phenoxy) is 1. The molecule has 0 aliphatic rings. The van der Waals surface area contributed by atoms with Crippen molar-refractivity contribution in [1.29, 1.82) is 0 Å². The van der Waals surface area contributed by atoms with E-state index in [1.54, 1.807) is 0 Å². The first-order valence-electron chi connectivity index (χ1n) is 6.24. The van der Waals surface area contributed by atoms with E-state index < -0.39 is 10.8 Å². The highest BCUT2D eigenvalue weighted by molar-refractivity contribution is 9.11. The number of hydrogen-bond acceptors (Lipinski definition) is 3. The Morgan fingerprint density at radius 2 is 1.89 bits per heavy atom. The molecule has 1 aromatic rings. The second-order valence-electron chi connectivity index (χ2n) is 3.93. The van der Waals surface area contributed by atoms with E-state index in [2.05, 4.69) is 37.2 Å². The zero-order chi connectivity index (χ0) is 14.3. The van der Waals surface area contributed by atoms with Gasteiger partial charge in [-0.2, -0.15) is 0 Å². The molecule has 0 saturated heterocycles. The minimum atomic E-state index is -0.701. The van der Waals surface area contributed by atoms with Crippen molar-refractivity contribution in [2.24, 2.45) is 0 Å². The van der Waals surface area contributed by atoms with Crippen LogP contribution in [0.15, 0.2) is 21.1 Å². The van der Waals surface area contributed by atoms with Crippen molar-refractivity contribution in [3.05, 3.63) is 26.6 Å². The van der Waals surface area contributed by atoms with Gasteiger partial charge in [-0.25, -0.2) is 0 Å². The van der Waals surface area contributed by atoms with E-state index in [0.717, 1.165) is 39.1 Å². The molecule has 1 N–H and O–H groups in total. The molecule has 6 heteroatoms. The van der Waals surface area contributed by atoms with Crippen LogP contribution in [0.5, 0.6) is 5.75 Å². The molecule has 0 aliphatic heterocycles. The van der Waals surface area contributed by atoms with Gasteiger partial charge in [-0.1, -0.05) is 6.92 Å². The molecule has 0 heterocycles. The van der Waals surface area contributed by atoms with Gasteiger partial charge in [-0.15, -0.1) is 0 Å². The van der Waals surface area contributed by atoms with Gasteiger partial charge in [-0.05, 0) is 56.5 Å². The van der Waals surface area contributed by atoms with Crippen molar-refractivity contribution in [2.75, 3.05) is 24.7 Å². The number of nitrogens with one attached hydrogen (secondary N) is 1. The number of hydrogen-bond donors (Lipinski definition) is 1. The summed E-state index contributed by atoms with van der Waals surface area (Å²) in [5.74, 6) is 2.26. The Morgan fingerprint density at radius 1 is 1.26 bits per heavy atom. The molecule has 0 amide bonds. The molecular formula is C13H19Br2NO2S. The van der Waals surface area contributed by atoms with E-state index in [4.69, 9.17) is 4.74 Å². The van der Waals surface area contributed by atoms with Crippen LogP contribution in [0.4, 0.5) is 0 Å². The van der Waals surface area contributed by atoms with E-state index in [0.29, 0.717) is 12.4 Å². The Kier molecular flexibility index (Phi) is 8.21. The maximum atomic E-state index is 11.3. The smallest absolute Gasteiger partial charge is 0.147 e. The molecule has 19 heavy (non-hydrogen) atoms. The fraction of sp³-hybridized carbons (Fsp3) is 0.538. The fourth-order valence-electron chi connectivity index (χ4n) is 1.56. The standard InChI is InChI=1S/C13H19Br2NO2S/c1-3-18-13-11(14)7-10(8-12(13)15)9-16-5-6-19(17)4-2/h7-8,16H,3-6,9H2,1-2H3. The minimum Gasteiger partial charge on any atom is -0.492 e. The van der Waals surface area contributed by atoms with Crippen molar-refractivity contribution < 1.29 is 8.95 Å². The summed E-state index contributed by atoms with van der Waals surface area (Å²) in [5.41, 5.74) is 1.16. The zero-order valence-corrected chi connectivity index (χ0v) is 15.2. The monoisotopic (exact) mass is 411 g/mol. The van der Waals surface area contributed by atoms with Gasteiger partial charge in [0, 0.05) is 35.4 Å². The normalized spacial score (nSPS) is 12.4. The van der Waals surface area contributed by atoms with Crippen LogP contribution in [0, 0.1) is 0 Å². The van der Waals surface area contributed by atoms with Crippen LogP contribution in [0.25, 0.3) is 0 Å². The maximum Gasteiger partial charge on any atom is 0.147 e. The quantitative estimate of drug-likeness (QED) is 0.664. The number of benzene rings is 1. The number of rotatable bonds is 8. The van der Waals surface area contributed by atoms with Crippen molar-refractivity contribution in [3.63, 3.8) is 0 Å². The molecular weight excluding hydrogens is 394 g/mol. The topological polar surface area (TPSA) is 38.3 Å². The lowest BCUT2D eigenvalue weighted by molar-refractivity contribution is 0.336. The highest BCUT2D eigenvalue weighted by Crippen LogP contribution is 2.34. The molecule has 1 unspecified atom stereocenters. The highest BCUT2D eigenvalue weighted by Gasteiger charge is 2.08. The first-order valence-corrected chi connectivity index (χ1v) is 9.32. The van der Waals surface area contributed by atoms with Crippen LogP contribution in [-0.2, 0) is 17.3 Å². The third kappa shape index (κ3) is 5.94. The van der Waals surface area contributed by atoms with E-state index in [1.807, 2.05) is 26.0 Å². The molecule has 0 radical (unpaired) electrons. The third-order valence-electron chi connectivity index (χ3n) is 2.50. The molecule has 0 fully saturated rings. The summed E-state index contributed by atoms with van der Waals surface area (Å²) in [6.45, 7) is 6.06. The summed E-state index contributed by atoms with van der Waals surface area (Å²) < 4.78 is 18.7. The van der Waals surface area contributed by atoms with E-state index in [1.165, 1.54) is 0 Å². The van der Waals surface area contributed by atoms with Crippen molar-refractivity contribution in [1.82, 2.24) is 5.32 Å². The average Bonchev–Trinajstić information content (AvgIpc) is 2.38. The summed E-state index contributed by atoms with van der Waals surface area (Å²) in [7, 11) is -0.701. The molecule has 0 bridgehead atoms. The summed E-state index contributed by atoms with van der Waals surface area (Å²) in [4.78, 5) is 0.